The molecule has 0 bridgehead atoms. The number of ketones is 1. The number of rotatable bonds is 6. The van der Waals surface area contributed by atoms with Crippen molar-refractivity contribution < 1.29 is 36.7 Å². The summed E-state index contributed by atoms with van der Waals surface area (Å²) in [6.07, 6.45) is 0. The van der Waals surface area contributed by atoms with Crippen LogP contribution in [0.2, 0.25) is 0 Å². The number of hydrogen-bond acceptors (Lipinski definition) is 7. The van der Waals surface area contributed by atoms with Crippen molar-refractivity contribution in [3.05, 3.63) is 39.9 Å². The Bertz CT molecular complexity index is 659. The molecule has 0 atom stereocenters. The predicted octanol–water partition coefficient (Wildman–Crippen LogP) is 1.97. The van der Waals surface area contributed by atoms with Crippen LogP contribution in [-0.2, 0) is 21.9 Å². The molecule has 0 saturated heterocycles. The molecule has 0 aliphatic rings. The summed E-state index contributed by atoms with van der Waals surface area (Å²) >= 11 is 0. The first-order valence-corrected chi connectivity index (χ1v) is 9.00. The van der Waals surface area contributed by atoms with Gasteiger partial charge in [0.25, 0.3) is 5.69 Å². The molecule has 0 saturated carbocycles. The molecule has 9 heteroatoms. The van der Waals surface area contributed by atoms with Gasteiger partial charge in [-0.25, -0.2) is 0 Å². The Morgan fingerprint density at radius 3 is 1.48 bits per heavy atom. The molecule has 1 aromatic carbocycles. The molecular weight excluding hydrogens is 426 g/mol. The fraction of sp³-hybridized carbons (Fsp3) is 0.600. The van der Waals surface area contributed by atoms with Crippen molar-refractivity contribution in [3.63, 3.8) is 0 Å². The molecule has 8 nitrogen and oxygen atoms in total. The topological polar surface area (TPSA) is 107 Å². The van der Waals surface area contributed by atoms with E-state index in [1.54, 1.807) is 0 Å². The molecule has 0 fully saturated rings. The number of non-ortho nitro benzene ring substituents is 1. The molecule has 0 spiro atoms. The van der Waals surface area contributed by atoms with Crippen LogP contribution in [-0.4, -0.2) is 64.7 Å². The van der Waals surface area contributed by atoms with E-state index in [2.05, 4.69) is 65.4 Å². The van der Waals surface area contributed by atoms with Crippen LogP contribution in [0.4, 0.5) is 5.69 Å². The van der Waals surface area contributed by atoms with E-state index in [1.807, 2.05) is 0 Å². The number of carboxylic acid groups (broad SMARTS) is 1. The second-order valence-corrected chi connectivity index (χ2v) is 8.61. The molecule has 1 aromatic rings. The van der Waals surface area contributed by atoms with Crippen LogP contribution in [0.5, 0.6) is 0 Å². The standard InChI is InChI=1S/C12H28N2.C8H5NO5.Cu/c1-11(2,3)13(7)9-10-14(8)12(4,5)6;10-7(8(11)12)5-1-3-6(4-2-5)9(13)14;/h9-10H2,1-8H3;1-4H,(H,11,12);/q;;+1/p-1. The van der Waals surface area contributed by atoms with Gasteiger partial charge in [0.15, 0.2) is 0 Å². The molecule has 0 aliphatic carbocycles. The average Bonchev–Trinajstić information content (AvgIpc) is 2.57. The van der Waals surface area contributed by atoms with E-state index in [9.17, 15) is 24.8 Å². The summed E-state index contributed by atoms with van der Waals surface area (Å²) in [6.45, 7) is 15.8. The van der Waals surface area contributed by atoms with Gasteiger partial charge in [-0.3, -0.25) is 14.9 Å². The van der Waals surface area contributed by atoms with Crippen molar-refractivity contribution in [1.29, 1.82) is 0 Å². The predicted molar refractivity (Wildman–Crippen MR) is 107 cm³/mol. The number of hydrogen-bond donors (Lipinski definition) is 0. The fourth-order valence-corrected chi connectivity index (χ4v) is 1.82. The third-order valence-corrected chi connectivity index (χ3v) is 4.59. The third-order valence-electron chi connectivity index (χ3n) is 4.59. The Balaban J connectivity index is 0. The van der Waals surface area contributed by atoms with Gasteiger partial charge in [-0.2, -0.15) is 0 Å². The van der Waals surface area contributed by atoms with Gasteiger partial charge in [-0.05, 0) is 67.8 Å². The largest absolute Gasteiger partial charge is 1.00 e. The first-order valence-electron chi connectivity index (χ1n) is 9.00. The summed E-state index contributed by atoms with van der Waals surface area (Å²) in [5.41, 5.74) is 0.202. The van der Waals surface area contributed by atoms with E-state index < -0.39 is 16.7 Å². The van der Waals surface area contributed by atoms with Gasteiger partial charge in [-0.1, -0.05) is 0 Å². The van der Waals surface area contributed by atoms with E-state index in [1.165, 1.54) is 0 Å². The number of aliphatic carboxylic acids is 1. The SMILES string of the molecule is CN(CCN(C)C(C)(C)C)C(C)(C)C.O=C([O-])C(=O)c1ccc([N+](=O)[O-])cc1.[Cu+]. The zero-order valence-electron chi connectivity index (χ0n) is 18.4. The first-order chi connectivity index (χ1) is 12.6. The van der Waals surface area contributed by atoms with Crippen molar-refractivity contribution >= 4 is 17.4 Å². The van der Waals surface area contributed by atoms with E-state index in [4.69, 9.17) is 0 Å². The van der Waals surface area contributed by atoms with Crippen LogP contribution >= 0.6 is 0 Å². The second kappa shape index (κ2) is 12.0. The Labute approximate surface area is 183 Å². The molecule has 29 heavy (non-hydrogen) atoms. The maximum atomic E-state index is 10.8. The van der Waals surface area contributed by atoms with E-state index in [-0.39, 0.29) is 39.4 Å². The molecule has 0 aromatic heterocycles. The van der Waals surface area contributed by atoms with Crippen molar-refractivity contribution in [1.82, 2.24) is 9.80 Å². The molecule has 1 rings (SSSR count). The number of carboxylic acids is 1. The maximum Gasteiger partial charge on any atom is 1.00 e. The Morgan fingerprint density at radius 2 is 1.24 bits per heavy atom. The second-order valence-electron chi connectivity index (χ2n) is 8.61. The van der Waals surface area contributed by atoms with Gasteiger partial charge < -0.3 is 19.7 Å². The van der Waals surface area contributed by atoms with E-state index in [0.717, 1.165) is 37.4 Å². The van der Waals surface area contributed by atoms with Crippen LogP contribution in [0.1, 0.15) is 51.9 Å². The number of nitro benzene ring substituents is 1. The molecule has 0 N–H and O–H groups in total. The number of nitro groups is 1. The summed E-state index contributed by atoms with van der Waals surface area (Å²) in [5.74, 6) is -3.03. The minimum atomic E-state index is -1.83. The van der Waals surface area contributed by atoms with Crippen molar-refractivity contribution in [2.24, 2.45) is 0 Å². The maximum absolute atomic E-state index is 10.8. The third kappa shape index (κ3) is 11.1. The summed E-state index contributed by atoms with van der Waals surface area (Å²) < 4.78 is 0. The normalized spacial score (nSPS) is 11.4. The van der Waals surface area contributed by atoms with Crippen LogP contribution in [0.25, 0.3) is 0 Å². The van der Waals surface area contributed by atoms with Crippen LogP contribution in [0, 0.1) is 10.1 Å². The Morgan fingerprint density at radius 1 is 0.897 bits per heavy atom. The number of carbonyl (C=O) groups excluding carboxylic acids is 2. The molecular formula is C20H32CuN3O5. The van der Waals surface area contributed by atoms with Gasteiger partial charge >= 0.3 is 17.1 Å². The number of likely N-dealkylation sites (N-methyl/N-ethyl adjacent to an activating group) is 2. The van der Waals surface area contributed by atoms with Gasteiger partial charge in [0, 0.05) is 41.9 Å². The van der Waals surface area contributed by atoms with Crippen LogP contribution < -0.4 is 5.11 Å². The van der Waals surface area contributed by atoms with Crippen molar-refractivity contribution in [3.8, 4) is 0 Å². The molecule has 168 valence electrons. The van der Waals surface area contributed by atoms with Crippen LogP contribution in [0.15, 0.2) is 24.3 Å². The minimum Gasteiger partial charge on any atom is -0.541 e. The molecule has 0 heterocycles. The Kier molecular flexibility index (Phi) is 12.2. The fourth-order valence-electron chi connectivity index (χ4n) is 1.82. The monoisotopic (exact) mass is 457 g/mol. The van der Waals surface area contributed by atoms with Gasteiger partial charge in [0.1, 0.15) is 5.97 Å². The quantitative estimate of drug-likeness (QED) is 0.211. The smallest absolute Gasteiger partial charge is 0.541 e. The van der Waals surface area contributed by atoms with Crippen molar-refractivity contribution in [2.75, 3.05) is 27.2 Å². The van der Waals surface area contributed by atoms with Gasteiger partial charge in [-0.15, -0.1) is 0 Å². The van der Waals surface area contributed by atoms with Crippen molar-refractivity contribution in [2.45, 2.75) is 52.6 Å². The Hall–Kier alpha value is -1.80. The number of benzene rings is 1. The van der Waals surface area contributed by atoms with Gasteiger partial charge in [0.05, 0.1) is 4.92 Å². The summed E-state index contributed by atoms with van der Waals surface area (Å²) in [5, 5.41) is 20.3. The molecule has 0 radical (unpaired) electrons. The van der Waals surface area contributed by atoms with Crippen LogP contribution in [0.3, 0.4) is 0 Å². The molecule has 0 amide bonds. The zero-order valence-corrected chi connectivity index (χ0v) is 19.3. The van der Waals surface area contributed by atoms with E-state index >= 15 is 0 Å². The van der Waals surface area contributed by atoms with E-state index in [0.29, 0.717) is 0 Å². The average molecular weight is 458 g/mol. The number of carbonyl (C=O) groups is 2. The first kappa shape index (κ1) is 29.4. The molecule has 0 aliphatic heterocycles. The summed E-state index contributed by atoms with van der Waals surface area (Å²) in [6, 6.07) is 4.23. The minimum absolute atomic E-state index is 0. The van der Waals surface area contributed by atoms with Gasteiger partial charge in [0.2, 0.25) is 5.78 Å². The number of Topliss-reactive ketones (excluding diaryl/α,β-unsaturated/α-hetero) is 1. The summed E-state index contributed by atoms with van der Waals surface area (Å²) in [4.78, 5) is 35.3. The summed E-state index contributed by atoms with van der Waals surface area (Å²) in [7, 11) is 4.38. The zero-order chi connectivity index (χ0) is 22.3. The molecule has 0 unspecified atom stereocenters. The number of nitrogens with zero attached hydrogens (tertiary/aromatic N) is 3.